The summed E-state index contributed by atoms with van der Waals surface area (Å²) >= 11 is 0. The maximum absolute atomic E-state index is 10.8. The van der Waals surface area contributed by atoms with Crippen molar-refractivity contribution in [1.82, 2.24) is 0 Å². The van der Waals surface area contributed by atoms with E-state index < -0.39 is 5.60 Å². The number of aliphatic hydroxyl groups excluding tert-OH is 1. The first-order valence-electron chi connectivity index (χ1n) is 13.5. The van der Waals surface area contributed by atoms with Crippen LogP contribution in [0.5, 0.6) is 0 Å². The van der Waals surface area contributed by atoms with E-state index in [4.69, 9.17) is 0 Å². The Bertz CT molecular complexity index is 785. The van der Waals surface area contributed by atoms with Gasteiger partial charge in [0, 0.05) is 0 Å². The molecule has 8 unspecified atom stereocenters. The monoisotopic (exact) mass is 442 g/mol. The molecule has 0 aromatic carbocycles. The van der Waals surface area contributed by atoms with Crippen molar-refractivity contribution < 1.29 is 10.2 Å². The molecule has 0 bridgehead atoms. The largest absolute Gasteiger partial charge is 0.393 e. The Labute approximate surface area is 198 Å². The lowest BCUT2D eigenvalue weighted by atomic mass is 9.41. The summed E-state index contributed by atoms with van der Waals surface area (Å²) in [5, 5.41) is 20.9. The molecule has 0 heterocycles. The van der Waals surface area contributed by atoms with E-state index in [2.05, 4.69) is 53.7 Å². The van der Waals surface area contributed by atoms with Crippen molar-refractivity contribution in [2.45, 2.75) is 118 Å². The van der Waals surface area contributed by atoms with Crippen LogP contribution in [0.1, 0.15) is 107 Å². The Morgan fingerprint density at radius 2 is 1.72 bits per heavy atom. The van der Waals surface area contributed by atoms with Crippen molar-refractivity contribution in [2.24, 2.45) is 45.3 Å². The molecule has 8 atom stereocenters. The fourth-order valence-electron chi connectivity index (χ4n) is 9.41. The van der Waals surface area contributed by atoms with Gasteiger partial charge in [-0.25, -0.2) is 0 Å². The van der Waals surface area contributed by atoms with Gasteiger partial charge in [-0.3, -0.25) is 0 Å². The van der Waals surface area contributed by atoms with Gasteiger partial charge >= 0.3 is 0 Å². The zero-order valence-electron chi connectivity index (χ0n) is 22.2. The second kappa shape index (κ2) is 7.70. The summed E-state index contributed by atoms with van der Waals surface area (Å²) < 4.78 is 0. The standard InChI is InChI=1S/C30H50O2/c1-20(10-9-16-26(2,3)32)21-13-18-30(8)23-11-12-24-27(4,5)25(31)15-17-28(24,6)22(23)14-19-29(21,30)7/h9,14,16,20-21,23-25,31-32H,10-13,15,17-19H2,1-8H3. The first-order chi connectivity index (χ1) is 14.7. The molecule has 2 heteroatoms. The van der Waals surface area contributed by atoms with E-state index in [1.807, 2.05) is 19.9 Å². The third-order valence-corrected chi connectivity index (χ3v) is 11.6. The fraction of sp³-hybridized carbons (Fsp3) is 0.867. The second-order valence-corrected chi connectivity index (χ2v) is 14.1. The van der Waals surface area contributed by atoms with E-state index in [0.29, 0.717) is 28.6 Å². The van der Waals surface area contributed by atoms with Gasteiger partial charge in [0.1, 0.15) is 0 Å². The average molecular weight is 443 g/mol. The lowest BCUT2D eigenvalue weighted by Gasteiger charge is -2.64. The molecule has 0 spiro atoms. The summed E-state index contributed by atoms with van der Waals surface area (Å²) in [4.78, 5) is 0. The van der Waals surface area contributed by atoms with Gasteiger partial charge in [-0.2, -0.15) is 0 Å². The van der Waals surface area contributed by atoms with Crippen LogP contribution in [0.3, 0.4) is 0 Å². The van der Waals surface area contributed by atoms with Gasteiger partial charge in [0.05, 0.1) is 11.7 Å². The minimum absolute atomic E-state index is 0.0139. The minimum atomic E-state index is -0.717. The van der Waals surface area contributed by atoms with Gasteiger partial charge in [0.15, 0.2) is 0 Å². The average Bonchev–Trinajstić information content (AvgIpc) is 2.96. The fourth-order valence-corrected chi connectivity index (χ4v) is 9.41. The summed E-state index contributed by atoms with van der Waals surface area (Å²) in [6, 6.07) is 0. The van der Waals surface area contributed by atoms with Crippen LogP contribution in [0.2, 0.25) is 0 Å². The van der Waals surface area contributed by atoms with E-state index >= 15 is 0 Å². The molecule has 4 rings (SSSR count). The summed E-state index contributed by atoms with van der Waals surface area (Å²) in [6.07, 6.45) is 16.4. The van der Waals surface area contributed by atoms with Crippen molar-refractivity contribution in [1.29, 1.82) is 0 Å². The first-order valence-corrected chi connectivity index (χ1v) is 13.5. The molecular formula is C30H50O2. The van der Waals surface area contributed by atoms with Crippen molar-refractivity contribution in [3.8, 4) is 0 Å². The van der Waals surface area contributed by atoms with Crippen LogP contribution in [0.15, 0.2) is 23.8 Å². The van der Waals surface area contributed by atoms with Crippen LogP contribution in [0, 0.1) is 45.3 Å². The highest BCUT2D eigenvalue weighted by Crippen LogP contribution is 2.73. The topological polar surface area (TPSA) is 40.5 Å². The smallest absolute Gasteiger partial charge is 0.0771 e. The molecule has 4 aliphatic carbocycles. The first kappa shape index (κ1) is 24.5. The molecular weight excluding hydrogens is 392 g/mol. The van der Waals surface area contributed by atoms with Crippen molar-refractivity contribution in [2.75, 3.05) is 0 Å². The molecule has 0 saturated heterocycles. The van der Waals surface area contributed by atoms with Crippen molar-refractivity contribution in [3.63, 3.8) is 0 Å². The lowest BCUT2D eigenvalue weighted by molar-refractivity contribution is -0.118. The van der Waals surface area contributed by atoms with E-state index in [1.54, 1.807) is 5.57 Å². The maximum Gasteiger partial charge on any atom is 0.0771 e. The molecule has 0 aromatic rings. The third-order valence-electron chi connectivity index (χ3n) is 11.6. The van der Waals surface area contributed by atoms with Crippen molar-refractivity contribution in [3.05, 3.63) is 23.8 Å². The number of fused-ring (bicyclic) bond motifs is 5. The molecule has 0 amide bonds. The molecule has 3 saturated carbocycles. The van der Waals surface area contributed by atoms with Crippen LogP contribution < -0.4 is 0 Å². The van der Waals surface area contributed by atoms with Gasteiger partial charge in [0.25, 0.3) is 0 Å². The Morgan fingerprint density at radius 3 is 2.38 bits per heavy atom. The second-order valence-electron chi connectivity index (χ2n) is 14.1. The molecule has 32 heavy (non-hydrogen) atoms. The van der Waals surface area contributed by atoms with Gasteiger partial charge in [0.2, 0.25) is 0 Å². The number of rotatable bonds is 4. The number of aliphatic hydroxyl groups is 2. The predicted octanol–water partition coefficient (Wildman–Crippen LogP) is 7.31. The predicted molar refractivity (Wildman–Crippen MR) is 134 cm³/mol. The third kappa shape index (κ3) is 3.49. The Balaban J connectivity index is 1.62. The SMILES string of the molecule is CC(CC=CC(C)(C)O)C1CCC2(C)C3CCC4C(C)(CCC(O)C4(C)C)C3=CCC12C. The van der Waals surface area contributed by atoms with Gasteiger partial charge in [-0.15, -0.1) is 0 Å². The molecule has 3 fully saturated rings. The summed E-state index contributed by atoms with van der Waals surface area (Å²) in [6.45, 7) is 18.6. The summed E-state index contributed by atoms with van der Waals surface area (Å²) in [5.41, 5.74) is 2.06. The van der Waals surface area contributed by atoms with E-state index in [1.165, 1.54) is 32.1 Å². The molecule has 2 nitrogen and oxygen atoms in total. The molecule has 0 aromatic heterocycles. The highest BCUT2D eigenvalue weighted by Gasteiger charge is 2.65. The van der Waals surface area contributed by atoms with E-state index in [-0.39, 0.29) is 16.9 Å². The normalized spacial score (nSPS) is 46.9. The molecule has 2 N–H and O–H groups in total. The summed E-state index contributed by atoms with van der Waals surface area (Å²) in [5.74, 6) is 2.69. The van der Waals surface area contributed by atoms with Gasteiger partial charge in [-0.05, 0) is 111 Å². The Morgan fingerprint density at radius 1 is 1.03 bits per heavy atom. The highest BCUT2D eigenvalue weighted by molar-refractivity contribution is 5.32. The van der Waals surface area contributed by atoms with Crippen LogP contribution in [-0.2, 0) is 0 Å². The van der Waals surface area contributed by atoms with Crippen LogP contribution in [-0.4, -0.2) is 21.9 Å². The van der Waals surface area contributed by atoms with Crippen LogP contribution >= 0.6 is 0 Å². The Kier molecular flexibility index (Phi) is 5.90. The lowest BCUT2D eigenvalue weighted by Crippen LogP contribution is -2.57. The zero-order chi connectivity index (χ0) is 23.7. The van der Waals surface area contributed by atoms with Crippen molar-refractivity contribution >= 4 is 0 Å². The zero-order valence-corrected chi connectivity index (χ0v) is 22.2. The minimum Gasteiger partial charge on any atom is -0.393 e. The molecule has 182 valence electrons. The molecule has 4 aliphatic rings. The van der Waals surface area contributed by atoms with Gasteiger partial charge in [-0.1, -0.05) is 65.3 Å². The van der Waals surface area contributed by atoms with Crippen LogP contribution in [0.25, 0.3) is 0 Å². The number of allylic oxidation sites excluding steroid dienone is 3. The van der Waals surface area contributed by atoms with Gasteiger partial charge < -0.3 is 10.2 Å². The Hall–Kier alpha value is -0.600. The molecule has 0 radical (unpaired) electrons. The number of hydrogen-bond acceptors (Lipinski definition) is 2. The van der Waals surface area contributed by atoms with E-state index in [9.17, 15) is 10.2 Å². The maximum atomic E-state index is 10.8. The highest BCUT2D eigenvalue weighted by atomic mass is 16.3. The molecule has 0 aliphatic heterocycles. The number of hydrogen-bond donors (Lipinski definition) is 2. The van der Waals surface area contributed by atoms with Crippen LogP contribution in [0.4, 0.5) is 0 Å². The quantitative estimate of drug-likeness (QED) is 0.448. The summed E-state index contributed by atoms with van der Waals surface area (Å²) in [7, 11) is 0. The van der Waals surface area contributed by atoms with E-state index in [0.717, 1.165) is 25.2 Å².